The summed E-state index contributed by atoms with van der Waals surface area (Å²) in [6.07, 6.45) is 0.884. The topological polar surface area (TPSA) is 105 Å². The SMILES string of the molecule is CC(C)[C@@H](CC(=O)O)NC(=O)C(NC(=O)OCC1c2ccccc2-c2ccccc21)C1CC1. The molecule has 0 aliphatic heterocycles. The molecule has 4 rings (SSSR count). The average Bonchev–Trinajstić information content (AvgIpc) is 3.57. The van der Waals surface area contributed by atoms with Gasteiger partial charge in [0.05, 0.1) is 6.42 Å². The summed E-state index contributed by atoms with van der Waals surface area (Å²) in [5.74, 6) is -1.38. The van der Waals surface area contributed by atoms with E-state index in [0.717, 1.165) is 35.1 Å². The number of hydrogen-bond acceptors (Lipinski definition) is 4. The Morgan fingerprint density at radius 2 is 1.55 bits per heavy atom. The number of amides is 2. The Labute approximate surface area is 193 Å². The molecule has 2 amide bonds. The van der Waals surface area contributed by atoms with E-state index in [-0.39, 0.29) is 36.7 Å². The maximum Gasteiger partial charge on any atom is 0.407 e. The molecule has 0 aromatic heterocycles. The van der Waals surface area contributed by atoms with Crippen molar-refractivity contribution in [3.8, 4) is 11.1 Å². The van der Waals surface area contributed by atoms with Crippen molar-refractivity contribution in [2.45, 2.75) is 51.1 Å². The van der Waals surface area contributed by atoms with Crippen LogP contribution >= 0.6 is 0 Å². The first-order valence-electron chi connectivity index (χ1n) is 11.5. The number of aliphatic carboxylic acids is 1. The third kappa shape index (κ3) is 5.18. The van der Waals surface area contributed by atoms with Crippen molar-refractivity contribution in [2.24, 2.45) is 11.8 Å². The molecule has 0 bridgehead atoms. The lowest BCUT2D eigenvalue weighted by molar-refractivity contribution is -0.138. The van der Waals surface area contributed by atoms with Gasteiger partial charge in [-0.2, -0.15) is 0 Å². The number of carbonyl (C=O) groups is 3. The highest BCUT2D eigenvalue weighted by Crippen LogP contribution is 2.44. The molecule has 2 aromatic carbocycles. The lowest BCUT2D eigenvalue weighted by Crippen LogP contribution is -2.52. The van der Waals surface area contributed by atoms with Gasteiger partial charge in [-0.05, 0) is 46.9 Å². The number of fused-ring (bicyclic) bond motifs is 3. The van der Waals surface area contributed by atoms with Crippen molar-refractivity contribution >= 4 is 18.0 Å². The summed E-state index contributed by atoms with van der Waals surface area (Å²) in [7, 11) is 0. The minimum absolute atomic E-state index is 0.0423. The normalized spacial score (nSPS) is 16.5. The van der Waals surface area contributed by atoms with Gasteiger partial charge in [-0.25, -0.2) is 4.79 Å². The van der Waals surface area contributed by atoms with Crippen LogP contribution in [0.4, 0.5) is 4.79 Å². The van der Waals surface area contributed by atoms with Crippen molar-refractivity contribution in [2.75, 3.05) is 6.61 Å². The van der Waals surface area contributed by atoms with E-state index >= 15 is 0 Å². The molecule has 0 heterocycles. The van der Waals surface area contributed by atoms with E-state index in [4.69, 9.17) is 9.84 Å². The zero-order valence-corrected chi connectivity index (χ0v) is 18.9. The third-order valence-electron chi connectivity index (χ3n) is 6.52. The van der Waals surface area contributed by atoms with Gasteiger partial charge in [0, 0.05) is 12.0 Å². The first-order valence-corrected chi connectivity index (χ1v) is 11.5. The number of ether oxygens (including phenoxy) is 1. The van der Waals surface area contributed by atoms with Crippen molar-refractivity contribution in [1.82, 2.24) is 10.6 Å². The molecule has 2 atom stereocenters. The Kier molecular flexibility index (Phi) is 6.67. The summed E-state index contributed by atoms with van der Waals surface area (Å²) >= 11 is 0. The van der Waals surface area contributed by atoms with Crippen molar-refractivity contribution in [1.29, 1.82) is 0 Å². The highest BCUT2D eigenvalue weighted by atomic mass is 16.5. The van der Waals surface area contributed by atoms with Gasteiger partial charge in [0.15, 0.2) is 0 Å². The number of carboxylic acids is 1. The van der Waals surface area contributed by atoms with Crippen molar-refractivity contribution in [3.05, 3.63) is 59.7 Å². The Balaban J connectivity index is 1.39. The van der Waals surface area contributed by atoms with Crippen molar-refractivity contribution in [3.63, 3.8) is 0 Å². The largest absolute Gasteiger partial charge is 0.481 e. The Morgan fingerprint density at radius 3 is 2.06 bits per heavy atom. The van der Waals surface area contributed by atoms with Gasteiger partial charge in [0.25, 0.3) is 0 Å². The van der Waals surface area contributed by atoms with Crippen LogP contribution < -0.4 is 10.6 Å². The zero-order valence-electron chi connectivity index (χ0n) is 18.9. The van der Waals surface area contributed by atoms with Crippen LogP contribution in [0.25, 0.3) is 11.1 Å². The number of carboxylic acid groups (broad SMARTS) is 1. The van der Waals surface area contributed by atoms with Crippen LogP contribution in [0.15, 0.2) is 48.5 Å². The first kappa shape index (κ1) is 22.8. The Hall–Kier alpha value is -3.35. The molecule has 174 valence electrons. The number of benzene rings is 2. The molecule has 2 aliphatic rings. The van der Waals surface area contributed by atoms with Gasteiger partial charge >= 0.3 is 12.1 Å². The molecule has 1 saturated carbocycles. The van der Waals surface area contributed by atoms with E-state index in [9.17, 15) is 14.4 Å². The standard InChI is InChI=1S/C26H30N2O5/c1-15(2)22(13-23(29)30)27-25(31)24(16-11-12-16)28-26(32)33-14-21-19-9-5-3-7-17(19)18-8-4-6-10-20(18)21/h3-10,15-16,21-22,24H,11-14H2,1-2H3,(H,27,31)(H,28,32)(H,29,30)/t22-,24?/m1/s1. The quantitative estimate of drug-likeness (QED) is 0.537. The van der Waals surface area contributed by atoms with Crippen LogP contribution in [0.1, 0.15) is 50.2 Å². The van der Waals surface area contributed by atoms with Crippen LogP contribution in [-0.2, 0) is 14.3 Å². The molecule has 2 aliphatic carbocycles. The van der Waals surface area contributed by atoms with E-state index in [1.165, 1.54) is 0 Å². The summed E-state index contributed by atoms with van der Waals surface area (Å²) in [4.78, 5) is 36.7. The van der Waals surface area contributed by atoms with Gasteiger partial charge in [0.1, 0.15) is 12.6 Å². The molecule has 2 aromatic rings. The van der Waals surface area contributed by atoms with Crippen LogP contribution in [0, 0.1) is 11.8 Å². The van der Waals surface area contributed by atoms with E-state index in [1.54, 1.807) is 0 Å². The molecule has 7 nitrogen and oxygen atoms in total. The molecule has 7 heteroatoms. The predicted molar refractivity (Wildman–Crippen MR) is 124 cm³/mol. The molecule has 3 N–H and O–H groups in total. The molecule has 1 fully saturated rings. The first-order chi connectivity index (χ1) is 15.8. The summed E-state index contributed by atoms with van der Waals surface area (Å²) in [6, 6.07) is 15.0. The highest BCUT2D eigenvalue weighted by molar-refractivity contribution is 5.87. The van der Waals surface area contributed by atoms with Crippen LogP contribution in [0.5, 0.6) is 0 Å². The maximum absolute atomic E-state index is 12.9. The van der Waals surface area contributed by atoms with Crippen molar-refractivity contribution < 1.29 is 24.2 Å². The average molecular weight is 451 g/mol. The van der Waals surface area contributed by atoms with Crippen LogP contribution in [0.3, 0.4) is 0 Å². The van der Waals surface area contributed by atoms with Gasteiger partial charge < -0.3 is 20.5 Å². The van der Waals surface area contributed by atoms with Crippen LogP contribution in [0.2, 0.25) is 0 Å². The van der Waals surface area contributed by atoms with Gasteiger partial charge in [-0.3, -0.25) is 9.59 Å². The summed E-state index contributed by atoms with van der Waals surface area (Å²) in [5, 5.41) is 14.7. The minimum Gasteiger partial charge on any atom is -0.481 e. The zero-order chi connectivity index (χ0) is 23.5. The molecule has 0 spiro atoms. The number of hydrogen-bond donors (Lipinski definition) is 3. The van der Waals surface area contributed by atoms with Gasteiger partial charge in [-0.15, -0.1) is 0 Å². The third-order valence-corrected chi connectivity index (χ3v) is 6.52. The second kappa shape index (κ2) is 9.65. The number of nitrogens with one attached hydrogen (secondary N) is 2. The predicted octanol–water partition coefficient (Wildman–Crippen LogP) is 3.92. The molecule has 0 saturated heterocycles. The van der Waals surface area contributed by atoms with E-state index in [0.29, 0.717) is 0 Å². The molecule has 1 unspecified atom stereocenters. The number of carbonyl (C=O) groups excluding carboxylic acids is 2. The lowest BCUT2D eigenvalue weighted by Gasteiger charge is -2.25. The lowest BCUT2D eigenvalue weighted by atomic mass is 9.98. The Bertz CT molecular complexity index is 1000. The van der Waals surface area contributed by atoms with Gasteiger partial charge in [0.2, 0.25) is 5.91 Å². The summed E-state index contributed by atoms with van der Waals surface area (Å²) < 4.78 is 5.59. The monoisotopic (exact) mass is 450 g/mol. The number of rotatable bonds is 9. The van der Waals surface area contributed by atoms with Gasteiger partial charge in [-0.1, -0.05) is 62.4 Å². The van der Waals surface area contributed by atoms with E-state index in [2.05, 4.69) is 34.9 Å². The highest BCUT2D eigenvalue weighted by Gasteiger charge is 2.39. The summed E-state index contributed by atoms with van der Waals surface area (Å²) in [5.41, 5.74) is 4.54. The fourth-order valence-corrected chi connectivity index (χ4v) is 4.51. The fourth-order valence-electron chi connectivity index (χ4n) is 4.51. The maximum atomic E-state index is 12.9. The van der Waals surface area contributed by atoms with E-state index < -0.39 is 24.1 Å². The molecular formula is C26H30N2O5. The Morgan fingerprint density at radius 1 is 0.970 bits per heavy atom. The smallest absolute Gasteiger partial charge is 0.407 e. The minimum atomic E-state index is -0.971. The molecule has 0 radical (unpaired) electrons. The number of alkyl carbamates (subject to hydrolysis) is 1. The van der Waals surface area contributed by atoms with Crippen LogP contribution in [-0.4, -0.2) is 41.8 Å². The summed E-state index contributed by atoms with van der Waals surface area (Å²) in [6.45, 7) is 3.89. The van der Waals surface area contributed by atoms with E-state index in [1.807, 2.05) is 38.1 Å². The second-order valence-corrected chi connectivity index (χ2v) is 9.24. The molecule has 33 heavy (non-hydrogen) atoms. The fraction of sp³-hybridized carbons (Fsp3) is 0.423. The molecular weight excluding hydrogens is 420 g/mol. The second-order valence-electron chi connectivity index (χ2n) is 9.24.